The summed E-state index contributed by atoms with van der Waals surface area (Å²) in [5.41, 5.74) is 0.530. The van der Waals surface area contributed by atoms with Crippen LogP contribution < -0.4 is 5.32 Å². The third-order valence-corrected chi connectivity index (χ3v) is 3.01. The largest absolute Gasteiger partial charge is 0.396 e. The molecule has 0 radical (unpaired) electrons. The molecule has 1 aromatic heterocycles. The van der Waals surface area contributed by atoms with E-state index in [1.165, 1.54) is 4.90 Å². The number of aliphatic hydroxyl groups is 1. The zero-order valence-corrected chi connectivity index (χ0v) is 11.2. The Hall–Kier alpha value is -2.00. The highest BCUT2D eigenvalue weighted by atomic mass is 16.5. The monoisotopic (exact) mass is 282 g/mol. The second-order valence-electron chi connectivity index (χ2n) is 4.42. The minimum absolute atomic E-state index is 0.0778. The molecule has 1 unspecified atom stereocenters. The van der Waals surface area contributed by atoms with E-state index < -0.39 is 6.04 Å². The van der Waals surface area contributed by atoms with Crippen molar-refractivity contribution in [2.24, 2.45) is 0 Å². The Morgan fingerprint density at radius 3 is 3.05 bits per heavy atom. The van der Waals surface area contributed by atoms with Gasteiger partial charge in [-0.15, -0.1) is 5.10 Å². The molecule has 0 spiro atoms. The number of carbonyl (C=O) groups excluding carboxylic acids is 1. The number of rotatable bonds is 7. The fourth-order valence-corrected chi connectivity index (χ4v) is 2.04. The number of carbonyl (C=O) groups is 1. The van der Waals surface area contributed by atoms with Gasteiger partial charge in [-0.3, -0.25) is 15.4 Å². The molecule has 1 atom stereocenters. The highest BCUT2D eigenvalue weighted by Gasteiger charge is 2.38. The Morgan fingerprint density at radius 1 is 1.55 bits per heavy atom. The Labute approximate surface area is 116 Å². The quantitative estimate of drug-likeness (QED) is 0.614. The lowest BCUT2D eigenvalue weighted by Crippen LogP contribution is -2.33. The van der Waals surface area contributed by atoms with Crippen LogP contribution in [-0.4, -0.2) is 63.7 Å². The van der Waals surface area contributed by atoms with Gasteiger partial charge >= 0.3 is 6.03 Å². The molecular formula is C11H18N6O3. The van der Waals surface area contributed by atoms with Gasteiger partial charge in [0.2, 0.25) is 0 Å². The molecule has 1 saturated heterocycles. The second-order valence-corrected chi connectivity index (χ2v) is 4.42. The van der Waals surface area contributed by atoms with Crippen LogP contribution in [0, 0.1) is 5.41 Å². The first kappa shape index (κ1) is 14.4. The number of amidine groups is 1. The zero-order valence-electron chi connectivity index (χ0n) is 11.2. The second kappa shape index (κ2) is 6.44. The van der Waals surface area contributed by atoms with E-state index >= 15 is 0 Å². The number of hydrogen-bond acceptors (Lipinski definition) is 6. The summed E-state index contributed by atoms with van der Waals surface area (Å²) in [5, 5.41) is 27.1. The molecule has 1 aromatic rings. The van der Waals surface area contributed by atoms with Gasteiger partial charge < -0.3 is 14.7 Å². The van der Waals surface area contributed by atoms with Gasteiger partial charge in [-0.1, -0.05) is 5.21 Å². The number of urea groups is 1. The molecule has 0 aromatic carbocycles. The van der Waals surface area contributed by atoms with Crippen molar-refractivity contribution in [2.45, 2.75) is 19.0 Å². The molecule has 1 aliphatic heterocycles. The lowest BCUT2D eigenvalue weighted by Gasteiger charge is -2.20. The Balaban J connectivity index is 2.13. The predicted octanol–water partition coefficient (Wildman–Crippen LogP) is -0.650. The summed E-state index contributed by atoms with van der Waals surface area (Å²) in [6.45, 7) is 1.38. The van der Waals surface area contributed by atoms with Crippen LogP contribution in [0.4, 0.5) is 4.79 Å². The maximum Gasteiger partial charge on any atom is 0.323 e. The van der Waals surface area contributed by atoms with Gasteiger partial charge in [0.15, 0.2) is 0 Å². The van der Waals surface area contributed by atoms with Crippen molar-refractivity contribution in [1.82, 2.24) is 25.2 Å². The van der Waals surface area contributed by atoms with Gasteiger partial charge in [0.25, 0.3) is 0 Å². The highest BCUT2D eigenvalue weighted by Crippen LogP contribution is 2.23. The minimum Gasteiger partial charge on any atom is -0.396 e. The van der Waals surface area contributed by atoms with Crippen LogP contribution in [0.25, 0.3) is 0 Å². The number of aryl methyl sites for hydroxylation is 1. The summed E-state index contributed by atoms with van der Waals surface area (Å²) >= 11 is 0. The first-order valence-electron chi connectivity index (χ1n) is 6.33. The van der Waals surface area contributed by atoms with Crippen LogP contribution >= 0.6 is 0 Å². The average Bonchev–Trinajstić information content (AvgIpc) is 2.98. The van der Waals surface area contributed by atoms with E-state index in [0.29, 0.717) is 31.8 Å². The lowest BCUT2D eigenvalue weighted by molar-refractivity contribution is 0.150. The standard InChI is InChI=1S/C11H18N6O3/c1-20-6-4-17-9(10(12)13-11(17)19)8-7-16(15-14-8)3-2-5-18/h7,9,18H,2-6H2,1H3,(H2,12,13,19). The summed E-state index contributed by atoms with van der Waals surface area (Å²) in [5.74, 6) is 0.0836. The van der Waals surface area contributed by atoms with Gasteiger partial charge in [0, 0.05) is 26.8 Å². The summed E-state index contributed by atoms with van der Waals surface area (Å²) < 4.78 is 6.56. The van der Waals surface area contributed by atoms with Crippen molar-refractivity contribution in [3.8, 4) is 0 Å². The normalized spacial score (nSPS) is 18.7. The first-order valence-corrected chi connectivity index (χ1v) is 6.33. The van der Waals surface area contributed by atoms with Gasteiger partial charge in [-0.05, 0) is 6.42 Å². The third kappa shape index (κ3) is 2.94. The summed E-state index contributed by atoms with van der Waals surface area (Å²) in [4.78, 5) is 13.3. The van der Waals surface area contributed by atoms with Crippen molar-refractivity contribution >= 4 is 11.9 Å². The topological polar surface area (TPSA) is 116 Å². The number of hydrogen-bond donors (Lipinski definition) is 3. The summed E-state index contributed by atoms with van der Waals surface area (Å²) in [6, 6.07) is -0.887. The van der Waals surface area contributed by atoms with Crippen molar-refractivity contribution in [3.63, 3.8) is 0 Å². The lowest BCUT2D eigenvalue weighted by atomic mass is 10.2. The van der Waals surface area contributed by atoms with Crippen LogP contribution in [0.5, 0.6) is 0 Å². The van der Waals surface area contributed by atoms with Crippen LogP contribution in [0.15, 0.2) is 6.20 Å². The fourth-order valence-electron chi connectivity index (χ4n) is 2.04. The number of methoxy groups -OCH3 is 1. The third-order valence-electron chi connectivity index (χ3n) is 3.01. The first-order chi connectivity index (χ1) is 9.67. The molecule has 2 rings (SSSR count). The maximum absolute atomic E-state index is 11.8. The number of nitrogens with one attached hydrogen (secondary N) is 2. The summed E-state index contributed by atoms with van der Waals surface area (Å²) in [7, 11) is 1.56. The molecule has 3 N–H and O–H groups in total. The fraction of sp³-hybridized carbons (Fsp3) is 0.636. The Morgan fingerprint density at radius 2 is 2.35 bits per heavy atom. The number of amides is 2. The molecule has 1 fully saturated rings. The molecule has 9 nitrogen and oxygen atoms in total. The van der Waals surface area contributed by atoms with Gasteiger partial charge in [-0.25, -0.2) is 4.79 Å². The van der Waals surface area contributed by atoms with Gasteiger partial charge in [0.1, 0.15) is 17.6 Å². The number of ether oxygens (including phenoxy) is 1. The predicted molar refractivity (Wildman–Crippen MR) is 69.3 cm³/mol. The Kier molecular flexibility index (Phi) is 4.64. The van der Waals surface area contributed by atoms with Crippen LogP contribution in [0.1, 0.15) is 18.2 Å². The van der Waals surface area contributed by atoms with E-state index in [4.69, 9.17) is 15.3 Å². The van der Waals surface area contributed by atoms with Crippen LogP contribution in [0.2, 0.25) is 0 Å². The van der Waals surface area contributed by atoms with E-state index in [1.807, 2.05) is 0 Å². The van der Waals surface area contributed by atoms with Gasteiger partial charge in [-0.2, -0.15) is 0 Å². The van der Waals surface area contributed by atoms with Crippen LogP contribution in [0.3, 0.4) is 0 Å². The van der Waals surface area contributed by atoms with E-state index in [9.17, 15) is 4.79 Å². The molecule has 0 aliphatic carbocycles. The molecule has 110 valence electrons. The number of aliphatic hydroxyl groups excluding tert-OH is 1. The summed E-state index contributed by atoms with van der Waals surface area (Å²) in [6.07, 6.45) is 2.27. The zero-order chi connectivity index (χ0) is 14.5. The van der Waals surface area contributed by atoms with Crippen molar-refractivity contribution < 1.29 is 14.6 Å². The Bertz CT molecular complexity index is 488. The number of nitrogens with zero attached hydrogens (tertiary/aromatic N) is 4. The van der Waals surface area contributed by atoms with E-state index in [-0.39, 0.29) is 18.5 Å². The molecule has 0 saturated carbocycles. The molecule has 1 aliphatic rings. The molecule has 2 heterocycles. The van der Waals surface area contributed by atoms with E-state index in [2.05, 4.69) is 15.6 Å². The van der Waals surface area contributed by atoms with Gasteiger partial charge in [0.05, 0.1) is 12.8 Å². The van der Waals surface area contributed by atoms with Crippen molar-refractivity contribution in [1.29, 1.82) is 5.41 Å². The maximum atomic E-state index is 11.8. The molecule has 2 amide bonds. The van der Waals surface area contributed by atoms with Crippen molar-refractivity contribution in [2.75, 3.05) is 26.9 Å². The average molecular weight is 282 g/mol. The van der Waals surface area contributed by atoms with Crippen LogP contribution in [-0.2, 0) is 11.3 Å². The minimum atomic E-state index is -0.555. The van der Waals surface area contributed by atoms with E-state index in [0.717, 1.165) is 0 Å². The van der Waals surface area contributed by atoms with Crippen molar-refractivity contribution in [3.05, 3.63) is 11.9 Å². The molecule has 0 bridgehead atoms. The highest BCUT2D eigenvalue weighted by molar-refractivity contribution is 6.05. The molecule has 20 heavy (non-hydrogen) atoms. The molecular weight excluding hydrogens is 264 g/mol. The SMILES string of the molecule is COCCN1C(=O)NC(=N)C1c1cn(CCCO)nn1. The number of aromatic nitrogens is 3. The van der Waals surface area contributed by atoms with E-state index in [1.54, 1.807) is 18.0 Å². The molecule has 9 heteroatoms. The smallest absolute Gasteiger partial charge is 0.323 e.